The molecule has 0 aliphatic heterocycles. The zero-order valence-electron chi connectivity index (χ0n) is 7.81. The van der Waals surface area contributed by atoms with E-state index < -0.39 is 0 Å². The second-order valence-corrected chi connectivity index (χ2v) is 2.96. The largest absolute Gasteiger partial charge is 0.384 e. The van der Waals surface area contributed by atoms with E-state index in [9.17, 15) is 4.39 Å². The van der Waals surface area contributed by atoms with E-state index >= 15 is 0 Å². The summed E-state index contributed by atoms with van der Waals surface area (Å²) in [5, 5.41) is 3.14. The summed E-state index contributed by atoms with van der Waals surface area (Å²) in [6.07, 6.45) is 2.72. The topological polar surface area (TPSA) is 12.0 Å². The molecule has 0 aliphatic carbocycles. The Morgan fingerprint density at radius 1 is 1.54 bits per heavy atom. The molecular formula is C11H14FN. The van der Waals surface area contributed by atoms with Gasteiger partial charge in [-0.05, 0) is 31.0 Å². The van der Waals surface area contributed by atoms with Gasteiger partial charge in [-0.15, -0.1) is 6.58 Å². The van der Waals surface area contributed by atoms with Gasteiger partial charge in [-0.1, -0.05) is 12.1 Å². The minimum Gasteiger partial charge on any atom is -0.384 e. The summed E-state index contributed by atoms with van der Waals surface area (Å²) in [7, 11) is 0. The van der Waals surface area contributed by atoms with Crippen molar-refractivity contribution in [2.24, 2.45) is 0 Å². The molecule has 2 heteroatoms. The van der Waals surface area contributed by atoms with E-state index in [2.05, 4.69) is 11.9 Å². The predicted molar refractivity (Wildman–Crippen MR) is 54.4 cm³/mol. The summed E-state index contributed by atoms with van der Waals surface area (Å²) in [5.74, 6) is -0.202. The third-order valence-corrected chi connectivity index (χ3v) is 1.86. The van der Waals surface area contributed by atoms with Crippen molar-refractivity contribution >= 4 is 5.69 Å². The van der Waals surface area contributed by atoms with Gasteiger partial charge in [-0.25, -0.2) is 4.39 Å². The average molecular weight is 179 g/mol. The monoisotopic (exact) mass is 179 g/mol. The molecule has 0 heterocycles. The zero-order valence-corrected chi connectivity index (χ0v) is 7.81. The Kier molecular flexibility index (Phi) is 3.50. The fourth-order valence-corrected chi connectivity index (χ4v) is 1.09. The highest BCUT2D eigenvalue weighted by Crippen LogP contribution is 2.15. The van der Waals surface area contributed by atoms with Crippen LogP contribution < -0.4 is 5.32 Å². The number of halogens is 1. The van der Waals surface area contributed by atoms with Gasteiger partial charge in [0, 0.05) is 12.2 Å². The molecule has 1 rings (SSSR count). The van der Waals surface area contributed by atoms with Gasteiger partial charge in [-0.3, -0.25) is 0 Å². The Balaban J connectivity index is 2.64. The smallest absolute Gasteiger partial charge is 0.125 e. The summed E-state index contributed by atoms with van der Waals surface area (Å²) in [5.41, 5.74) is 1.92. The number of hydrogen-bond donors (Lipinski definition) is 1. The first-order valence-corrected chi connectivity index (χ1v) is 4.35. The Morgan fingerprint density at radius 2 is 2.31 bits per heavy atom. The zero-order chi connectivity index (χ0) is 9.68. The van der Waals surface area contributed by atoms with Crippen LogP contribution in [0.1, 0.15) is 12.0 Å². The van der Waals surface area contributed by atoms with Crippen LogP contribution in [0.3, 0.4) is 0 Å². The molecule has 0 saturated heterocycles. The molecule has 0 aliphatic rings. The lowest BCUT2D eigenvalue weighted by molar-refractivity contribution is 0.628. The van der Waals surface area contributed by atoms with Gasteiger partial charge < -0.3 is 5.32 Å². The Hall–Kier alpha value is -1.31. The number of anilines is 1. The van der Waals surface area contributed by atoms with E-state index in [1.807, 2.05) is 13.0 Å². The van der Waals surface area contributed by atoms with E-state index in [0.29, 0.717) is 0 Å². The average Bonchev–Trinajstić information content (AvgIpc) is 2.11. The lowest BCUT2D eigenvalue weighted by Crippen LogP contribution is -2.01. The van der Waals surface area contributed by atoms with Crippen LogP contribution in [0, 0.1) is 12.7 Å². The maximum atomic E-state index is 12.8. The van der Waals surface area contributed by atoms with E-state index in [4.69, 9.17) is 0 Å². The number of nitrogens with one attached hydrogen (secondary N) is 1. The maximum absolute atomic E-state index is 12.8. The van der Waals surface area contributed by atoms with Crippen molar-refractivity contribution in [3.8, 4) is 0 Å². The third-order valence-electron chi connectivity index (χ3n) is 1.86. The van der Waals surface area contributed by atoms with E-state index in [-0.39, 0.29) is 5.82 Å². The van der Waals surface area contributed by atoms with Gasteiger partial charge in [-0.2, -0.15) is 0 Å². The summed E-state index contributed by atoms with van der Waals surface area (Å²) < 4.78 is 12.8. The van der Waals surface area contributed by atoms with Crippen molar-refractivity contribution in [2.75, 3.05) is 11.9 Å². The van der Waals surface area contributed by atoms with Crippen molar-refractivity contribution < 1.29 is 4.39 Å². The van der Waals surface area contributed by atoms with Crippen LogP contribution >= 0.6 is 0 Å². The Labute approximate surface area is 78.3 Å². The molecule has 0 aromatic heterocycles. The number of hydrogen-bond acceptors (Lipinski definition) is 1. The van der Waals surface area contributed by atoms with Crippen molar-refractivity contribution in [3.05, 3.63) is 42.2 Å². The fraction of sp³-hybridized carbons (Fsp3) is 0.273. The maximum Gasteiger partial charge on any atom is 0.125 e. The fourth-order valence-electron chi connectivity index (χ4n) is 1.09. The molecular weight excluding hydrogens is 165 g/mol. The second-order valence-electron chi connectivity index (χ2n) is 2.96. The lowest BCUT2D eigenvalue weighted by atomic mass is 10.2. The minimum atomic E-state index is -0.202. The van der Waals surface area contributed by atoms with Crippen LogP contribution in [0.4, 0.5) is 10.1 Å². The van der Waals surface area contributed by atoms with Crippen LogP contribution in [0.2, 0.25) is 0 Å². The summed E-state index contributed by atoms with van der Waals surface area (Å²) in [6, 6.07) is 4.75. The standard InChI is InChI=1S/C11H14FN/c1-3-4-7-13-11-8-10(12)6-5-9(11)2/h3,5-6,8,13H,1,4,7H2,2H3. The van der Waals surface area contributed by atoms with Crippen molar-refractivity contribution in [3.63, 3.8) is 0 Å². The first-order valence-electron chi connectivity index (χ1n) is 4.35. The summed E-state index contributed by atoms with van der Waals surface area (Å²) in [4.78, 5) is 0. The van der Waals surface area contributed by atoms with Crippen LogP contribution in [0.5, 0.6) is 0 Å². The highest BCUT2D eigenvalue weighted by Gasteiger charge is 1.97. The molecule has 1 aromatic rings. The SMILES string of the molecule is C=CCCNc1cc(F)ccc1C. The first-order chi connectivity index (χ1) is 6.24. The number of rotatable bonds is 4. The highest BCUT2D eigenvalue weighted by atomic mass is 19.1. The number of benzene rings is 1. The molecule has 13 heavy (non-hydrogen) atoms. The predicted octanol–water partition coefficient (Wildman–Crippen LogP) is 3.12. The van der Waals surface area contributed by atoms with E-state index in [1.165, 1.54) is 12.1 Å². The second kappa shape index (κ2) is 4.65. The first kappa shape index (κ1) is 9.78. The van der Waals surface area contributed by atoms with Gasteiger partial charge in [0.1, 0.15) is 5.82 Å². The normalized spacial score (nSPS) is 9.69. The highest BCUT2D eigenvalue weighted by molar-refractivity contribution is 5.50. The van der Waals surface area contributed by atoms with Crippen LogP contribution in [0.15, 0.2) is 30.9 Å². The Morgan fingerprint density at radius 3 is 3.00 bits per heavy atom. The Bertz CT molecular complexity index is 294. The van der Waals surface area contributed by atoms with E-state index in [0.717, 1.165) is 24.2 Å². The quantitative estimate of drug-likeness (QED) is 0.553. The van der Waals surface area contributed by atoms with Crippen LogP contribution in [0.25, 0.3) is 0 Å². The van der Waals surface area contributed by atoms with Gasteiger partial charge in [0.05, 0.1) is 0 Å². The molecule has 1 aromatic carbocycles. The van der Waals surface area contributed by atoms with Crippen LogP contribution in [-0.4, -0.2) is 6.54 Å². The summed E-state index contributed by atoms with van der Waals surface area (Å²) >= 11 is 0. The molecule has 1 nitrogen and oxygen atoms in total. The molecule has 0 radical (unpaired) electrons. The molecule has 0 saturated carbocycles. The van der Waals surface area contributed by atoms with Crippen molar-refractivity contribution in [2.45, 2.75) is 13.3 Å². The summed E-state index contributed by atoms with van der Waals surface area (Å²) in [6.45, 7) is 6.37. The molecule has 0 spiro atoms. The lowest BCUT2D eigenvalue weighted by Gasteiger charge is -2.07. The third kappa shape index (κ3) is 2.90. The van der Waals surface area contributed by atoms with Gasteiger partial charge in [0.15, 0.2) is 0 Å². The van der Waals surface area contributed by atoms with Gasteiger partial charge in [0.25, 0.3) is 0 Å². The van der Waals surface area contributed by atoms with Gasteiger partial charge >= 0.3 is 0 Å². The molecule has 0 amide bonds. The minimum absolute atomic E-state index is 0.202. The molecule has 70 valence electrons. The molecule has 0 atom stereocenters. The molecule has 0 fully saturated rings. The number of aryl methyl sites for hydroxylation is 1. The molecule has 0 bridgehead atoms. The van der Waals surface area contributed by atoms with Crippen molar-refractivity contribution in [1.82, 2.24) is 0 Å². The molecule has 1 N–H and O–H groups in total. The van der Waals surface area contributed by atoms with Crippen molar-refractivity contribution in [1.29, 1.82) is 0 Å². The van der Waals surface area contributed by atoms with E-state index in [1.54, 1.807) is 6.07 Å². The van der Waals surface area contributed by atoms with Gasteiger partial charge in [0.2, 0.25) is 0 Å². The molecule has 0 unspecified atom stereocenters. The van der Waals surface area contributed by atoms with Crippen LogP contribution in [-0.2, 0) is 0 Å².